The van der Waals surface area contributed by atoms with Gasteiger partial charge in [0.15, 0.2) is 5.75 Å². The average molecular weight is 753 g/mol. The number of carbonyl (C=O) groups is 1. The molecular formula is C43H43Cl2N3O5. The zero-order valence-electron chi connectivity index (χ0n) is 30.0. The van der Waals surface area contributed by atoms with Crippen LogP contribution in [0.3, 0.4) is 0 Å². The van der Waals surface area contributed by atoms with Gasteiger partial charge >= 0.3 is 0 Å². The highest BCUT2D eigenvalue weighted by Gasteiger charge is 2.20. The summed E-state index contributed by atoms with van der Waals surface area (Å²) in [5, 5.41) is 1.08. The number of carbonyl (C=O) groups excluding carboxylic acids is 1. The molecule has 0 unspecified atom stereocenters. The fourth-order valence-corrected chi connectivity index (χ4v) is 6.46. The first-order chi connectivity index (χ1) is 25.8. The number of halogens is 2. The molecule has 1 aromatic heterocycles. The minimum Gasteiger partial charge on any atom is -0.494 e. The van der Waals surface area contributed by atoms with Crippen LogP contribution in [-0.4, -0.2) is 60.1 Å². The zero-order valence-corrected chi connectivity index (χ0v) is 31.5. The van der Waals surface area contributed by atoms with Crippen LogP contribution in [0.4, 0.5) is 0 Å². The maximum absolute atomic E-state index is 13.1. The molecule has 0 saturated carbocycles. The van der Waals surface area contributed by atoms with Gasteiger partial charge in [-0.25, -0.2) is 4.98 Å². The normalized spacial score (nSPS) is 13.2. The first-order valence-electron chi connectivity index (χ1n) is 17.8. The summed E-state index contributed by atoms with van der Waals surface area (Å²) in [6.07, 6.45) is 5.83. The van der Waals surface area contributed by atoms with Crippen molar-refractivity contribution in [1.29, 1.82) is 0 Å². The van der Waals surface area contributed by atoms with Crippen LogP contribution in [0.15, 0.2) is 109 Å². The summed E-state index contributed by atoms with van der Waals surface area (Å²) in [6, 6.07) is 31.2. The van der Waals surface area contributed by atoms with Crippen LogP contribution in [0.5, 0.6) is 28.9 Å². The number of ether oxygens (including phenoxy) is 4. The molecule has 0 atom stereocenters. The van der Waals surface area contributed by atoms with Gasteiger partial charge in [0.1, 0.15) is 23.9 Å². The molecule has 274 valence electrons. The molecule has 4 aromatic carbocycles. The first kappa shape index (κ1) is 37.7. The van der Waals surface area contributed by atoms with E-state index in [1.807, 2.05) is 73.3 Å². The van der Waals surface area contributed by atoms with E-state index < -0.39 is 0 Å². The predicted molar refractivity (Wildman–Crippen MR) is 210 cm³/mol. The highest BCUT2D eigenvalue weighted by atomic mass is 35.5. The van der Waals surface area contributed by atoms with Gasteiger partial charge < -0.3 is 23.8 Å². The Hall–Kier alpha value is -5.02. The van der Waals surface area contributed by atoms with Gasteiger partial charge in [0.2, 0.25) is 11.8 Å². The molecule has 0 N–H and O–H groups in total. The molecule has 0 spiro atoms. The number of amides is 1. The van der Waals surface area contributed by atoms with Crippen molar-refractivity contribution in [2.45, 2.75) is 33.4 Å². The highest BCUT2D eigenvalue weighted by Crippen LogP contribution is 2.34. The minimum atomic E-state index is -0.0176. The summed E-state index contributed by atoms with van der Waals surface area (Å²) >= 11 is 12.8. The summed E-state index contributed by atoms with van der Waals surface area (Å²) in [5.41, 5.74) is 5.02. The van der Waals surface area contributed by atoms with Crippen LogP contribution in [0.1, 0.15) is 34.7 Å². The average Bonchev–Trinajstić information content (AvgIpc) is 3.17. The number of aryl methyl sites for hydroxylation is 1. The predicted octanol–water partition coefficient (Wildman–Crippen LogP) is 9.45. The quantitative estimate of drug-likeness (QED) is 0.0988. The van der Waals surface area contributed by atoms with Crippen LogP contribution in [0, 0.1) is 6.92 Å². The first-order valence-corrected chi connectivity index (χ1v) is 18.5. The molecule has 53 heavy (non-hydrogen) atoms. The molecule has 1 aliphatic rings. The third kappa shape index (κ3) is 11.0. The maximum Gasteiger partial charge on any atom is 0.246 e. The Morgan fingerprint density at radius 2 is 1.55 bits per heavy atom. The third-order valence-corrected chi connectivity index (χ3v) is 9.48. The lowest BCUT2D eigenvalue weighted by molar-refractivity contribution is -0.127. The monoisotopic (exact) mass is 751 g/mol. The SMILES string of the molecule is CCOc1cccc(OCCc2ccc(CN3CCN(C(=O)C=Cc4cc(C)c(Oc5ccc(OCc6ccccc6Cl)cn5)c(Cl)c4)CC3)cc2)c1. The molecule has 0 bridgehead atoms. The lowest BCUT2D eigenvalue weighted by Crippen LogP contribution is -2.47. The summed E-state index contributed by atoms with van der Waals surface area (Å²) in [6.45, 7) is 9.27. The van der Waals surface area contributed by atoms with Crippen LogP contribution in [0.25, 0.3) is 6.08 Å². The van der Waals surface area contributed by atoms with E-state index in [2.05, 4.69) is 34.1 Å². The summed E-state index contributed by atoms with van der Waals surface area (Å²) in [5.74, 6) is 3.10. The van der Waals surface area contributed by atoms with Gasteiger partial charge in [0.05, 0.1) is 24.4 Å². The van der Waals surface area contributed by atoms with Crippen LogP contribution in [0.2, 0.25) is 10.0 Å². The van der Waals surface area contributed by atoms with Gasteiger partial charge in [-0.3, -0.25) is 9.69 Å². The lowest BCUT2D eigenvalue weighted by Gasteiger charge is -2.34. The number of hydrogen-bond acceptors (Lipinski definition) is 7. The van der Waals surface area contributed by atoms with Gasteiger partial charge in [-0.05, 0) is 78.6 Å². The molecule has 0 aliphatic carbocycles. The van der Waals surface area contributed by atoms with E-state index in [1.54, 1.807) is 36.5 Å². The molecule has 5 aromatic rings. The fraction of sp³-hybridized carbons (Fsp3) is 0.256. The van der Waals surface area contributed by atoms with Gasteiger partial charge in [-0.2, -0.15) is 0 Å². The van der Waals surface area contributed by atoms with Crippen molar-refractivity contribution in [3.63, 3.8) is 0 Å². The molecule has 6 rings (SSSR count). The third-order valence-electron chi connectivity index (χ3n) is 8.83. The summed E-state index contributed by atoms with van der Waals surface area (Å²) < 4.78 is 23.3. The van der Waals surface area contributed by atoms with E-state index in [4.69, 9.17) is 42.1 Å². The second kappa shape index (κ2) is 18.6. The Balaban J connectivity index is 0.927. The summed E-state index contributed by atoms with van der Waals surface area (Å²) in [4.78, 5) is 21.7. The summed E-state index contributed by atoms with van der Waals surface area (Å²) in [7, 11) is 0. The molecule has 2 heterocycles. The Kier molecular flexibility index (Phi) is 13.3. The number of pyridine rings is 1. The number of hydrogen-bond donors (Lipinski definition) is 0. The van der Waals surface area contributed by atoms with Crippen molar-refractivity contribution >= 4 is 35.2 Å². The van der Waals surface area contributed by atoms with Crippen molar-refractivity contribution < 1.29 is 23.7 Å². The van der Waals surface area contributed by atoms with Crippen LogP contribution >= 0.6 is 23.2 Å². The molecule has 1 fully saturated rings. The molecule has 0 radical (unpaired) electrons. The molecule has 1 amide bonds. The number of rotatable bonds is 15. The van der Waals surface area contributed by atoms with Gasteiger partial charge in [0, 0.05) is 67.9 Å². The Morgan fingerprint density at radius 1 is 0.792 bits per heavy atom. The van der Waals surface area contributed by atoms with Gasteiger partial charge in [-0.15, -0.1) is 0 Å². The maximum atomic E-state index is 13.1. The number of piperazine rings is 1. The number of benzene rings is 4. The smallest absolute Gasteiger partial charge is 0.246 e. The van der Waals surface area contributed by atoms with E-state index in [-0.39, 0.29) is 5.91 Å². The number of nitrogens with zero attached hydrogens (tertiary/aromatic N) is 3. The number of aromatic nitrogens is 1. The Bertz CT molecular complexity index is 1970. The van der Waals surface area contributed by atoms with Crippen molar-refractivity contribution in [3.05, 3.63) is 147 Å². The van der Waals surface area contributed by atoms with E-state index in [0.717, 1.165) is 54.2 Å². The molecule has 8 nitrogen and oxygen atoms in total. The Labute approximate surface area is 321 Å². The van der Waals surface area contributed by atoms with Crippen molar-refractivity contribution in [3.8, 4) is 28.9 Å². The fourth-order valence-electron chi connectivity index (χ4n) is 5.95. The van der Waals surface area contributed by atoms with E-state index in [9.17, 15) is 4.79 Å². The zero-order chi connectivity index (χ0) is 37.0. The van der Waals surface area contributed by atoms with Crippen LogP contribution in [-0.2, 0) is 24.4 Å². The van der Waals surface area contributed by atoms with Crippen molar-refractivity contribution in [2.24, 2.45) is 0 Å². The van der Waals surface area contributed by atoms with E-state index in [0.29, 0.717) is 60.3 Å². The molecule has 10 heteroatoms. The van der Waals surface area contributed by atoms with E-state index >= 15 is 0 Å². The van der Waals surface area contributed by atoms with Gasteiger partial charge in [0.25, 0.3) is 0 Å². The largest absolute Gasteiger partial charge is 0.494 e. The van der Waals surface area contributed by atoms with Crippen molar-refractivity contribution in [1.82, 2.24) is 14.8 Å². The van der Waals surface area contributed by atoms with Gasteiger partial charge in [-0.1, -0.05) is 71.7 Å². The molecular weight excluding hydrogens is 709 g/mol. The van der Waals surface area contributed by atoms with Crippen LogP contribution < -0.4 is 18.9 Å². The lowest BCUT2D eigenvalue weighted by atomic mass is 10.1. The highest BCUT2D eigenvalue weighted by molar-refractivity contribution is 6.32. The second-order valence-corrected chi connectivity index (χ2v) is 13.5. The Morgan fingerprint density at radius 3 is 2.26 bits per heavy atom. The molecule has 1 saturated heterocycles. The van der Waals surface area contributed by atoms with Crippen molar-refractivity contribution in [2.75, 3.05) is 39.4 Å². The topological polar surface area (TPSA) is 73.4 Å². The minimum absolute atomic E-state index is 0.0176. The standard InChI is InChI=1S/C43H43Cl2N3O5/c1-3-50-36-8-6-9-37(27-36)51-24-19-32-11-13-33(14-12-32)29-47-20-22-48(23-21-47)42(49)18-15-34-25-31(2)43(40(45)26-34)53-41-17-16-38(28-46-41)52-30-35-7-4-5-10-39(35)44/h4-18,25-28H,3,19-24,29-30H2,1-2H3. The van der Waals surface area contributed by atoms with E-state index in [1.165, 1.54) is 11.1 Å². The molecule has 1 aliphatic heterocycles. The second-order valence-electron chi connectivity index (χ2n) is 12.7.